The third-order valence-electron chi connectivity index (χ3n) is 3.61. The maximum atomic E-state index is 12.0. The van der Waals surface area contributed by atoms with Crippen molar-refractivity contribution in [3.05, 3.63) is 65.9 Å². The predicted octanol–water partition coefficient (Wildman–Crippen LogP) is 4.00. The number of ether oxygens (including phenoxy) is 1. The molecule has 23 heavy (non-hydrogen) atoms. The average Bonchev–Trinajstić information content (AvgIpc) is 2.97. The number of rotatable bonds is 5. The zero-order valence-electron chi connectivity index (χ0n) is 13.2. The molecule has 0 saturated heterocycles. The summed E-state index contributed by atoms with van der Waals surface area (Å²) in [6, 6.07) is 17.1. The molecule has 4 nitrogen and oxygen atoms in total. The Bertz CT molecular complexity index is 789. The maximum absolute atomic E-state index is 12.0. The van der Waals surface area contributed by atoms with Crippen LogP contribution < -0.4 is 10.1 Å². The van der Waals surface area contributed by atoms with Crippen LogP contribution in [-0.2, 0) is 4.79 Å². The Morgan fingerprint density at radius 2 is 2.00 bits per heavy atom. The van der Waals surface area contributed by atoms with Crippen molar-refractivity contribution < 1.29 is 13.9 Å². The number of nitrogens with one attached hydrogen (secondary N) is 1. The van der Waals surface area contributed by atoms with Gasteiger partial charge in [-0.2, -0.15) is 0 Å². The van der Waals surface area contributed by atoms with Gasteiger partial charge in [-0.1, -0.05) is 30.3 Å². The standard InChI is InChI=1S/C19H19NO3/c1-13-6-5-8-16(10-13)22-12-19(21)20-14(2)18-11-15-7-3-4-9-17(15)23-18/h3-11,14H,12H2,1-2H3,(H,20,21)/t14-/m1/s1. The van der Waals surface area contributed by atoms with Crippen molar-refractivity contribution in [1.29, 1.82) is 0 Å². The van der Waals surface area contributed by atoms with E-state index in [1.165, 1.54) is 0 Å². The van der Waals surface area contributed by atoms with E-state index in [2.05, 4.69) is 5.32 Å². The molecule has 0 radical (unpaired) electrons. The number of hydrogen-bond donors (Lipinski definition) is 1. The molecule has 3 rings (SSSR count). The van der Waals surface area contributed by atoms with Gasteiger partial charge in [0.15, 0.2) is 6.61 Å². The lowest BCUT2D eigenvalue weighted by molar-refractivity contribution is -0.123. The minimum Gasteiger partial charge on any atom is -0.484 e. The summed E-state index contributed by atoms with van der Waals surface area (Å²) in [5.74, 6) is 1.24. The van der Waals surface area contributed by atoms with Crippen LogP contribution in [0.5, 0.6) is 5.75 Å². The van der Waals surface area contributed by atoms with Crippen molar-refractivity contribution in [2.24, 2.45) is 0 Å². The highest BCUT2D eigenvalue weighted by atomic mass is 16.5. The Morgan fingerprint density at radius 3 is 2.78 bits per heavy atom. The number of carbonyl (C=O) groups excluding carboxylic acids is 1. The van der Waals surface area contributed by atoms with E-state index < -0.39 is 0 Å². The molecule has 0 fully saturated rings. The lowest BCUT2D eigenvalue weighted by Crippen LogP contribution is -2.31. The molecular weight excluding hydrogens is 290 g/mol. The van der Waals surface area contributed by atoms with Gasteiger partial charge in [-0.3, -0.25) is 4.79 Å². The van der Waals surface area contributed by atoms with Crippen molar-refractivity contribution in [1.82, 2.24) is 5.32 Å². The van der Waals surface area contributed by atoms with Gasteiger partial charge in [0.05, 0.1) is 6.04 Å². The Balaban J connectivity index is 1.58. The minimum atomic E-state index is -0.212. The van der Waals surface area contributed by atoms with Gasteiger partial charge in [0, 0.05) is 5.39 Å². The van der Waals surface area contributed by atoms with Crippen molar-refractivity contribution in [2.75, 3.05) is 6.61 Å². The molecule has 4 heteroatoms. The van der Waals surface area contributed by atoms with Crippen LogP contribution in [0.15, 0.2) is 59.0 Å². The average molecular weight is 309 g/mol. The van der Waals surface area contributed by atoms with E-state index in [1.54, 1.807) is 0 Å². The Labute approximate surface area is 135 Å². The van der Waals surface area contributed by atoms with Crippen LogP contribution in [0.3, 0.4) is 0 Å². The van der Waals surface area contributed by atoms with E-state index in [4.69, 9.17) is 9.15 Å². The van der Waals surface area contributed by atoms with Crippen LogP contribution in [0, 0.1) is 6.92 Å². The second kappa shape index (κ2) is 6.57. The van der Waals surface area contributed by atoms with E-state index in [-0.39, 0.29) is 18.6 Å². The minimum absolute atomic E-state index is 0.0198. The first-order valence-corrected chi connectivity index (χ1v) is 7.59. The number of aryl methyl sites for hydroxylation is 1. The number of hydrogen-bond acceptors (Lipinski definition) is 3. The number of amides is 1. The third-order valence-corrected chi connectivity index (χ3v) is 3.61. The summed E-state index contributed by atoms with van der Waals surface area (Å²) in [5.41, 5.74) is 1.91. The molecule has 1 aromatic heterocycles. The summed E-state index contributed by atoms with van der Waals surface area (Å²) in [7, 11) is 0. The van der Waals surface area contributed by atoms with E-state index >= 15 is 0 Å². The summed E-state index contributed by atoms with van der Waals surface area (Å²) in [6.07, 6.45) is 0. The van der Waals surface area contributed by atoms with Crippen LogP contribution in [-0.4, -0.2) is 12.5 Å². The van der Waals surface area contributed by atoms with Crippen LogP contribution in [0.4, 0.5) is 0 Å². The van der Waals surface area contributed by atoms with E-state index in [1.807, 2.05) is 68.4 Å². The topological polar surface area (TPSA) is 51.5 Å². The van der Waals surface area contributed by atoms with Crippen molar-refractivity contribution in [3.63, 3.8) is 0 Å². The highest BCUT2D eigenvalue weighted by Gasteiger charge is 2.14. The first kappa shape index (κ1) is 15.2. The summed E-state index contributed by atoms with van der Waals surface area (Å²) < 4.78 is 11.3. The molecule has 0 spiro atoms. The molecule has 3 aromatic rings. The van der Waals surface area contributed by atoms with Gasteiger partial charge in [-0.15, -0.1) is 0 Å². The van der Waals surface area contributed by atoms with Crippen LogP contribution in [0.1, 0.15) is 24.3 Å². The quantitative estimate of drug-likeness (QED) is 0.775. The zero-order valence-corrected chi connectivity index (χ0v) is 13.2. The molecule has 118 valence electrons. The van der Waals surface area contributed by atoms with Crippen molar-refractivity contribution in [3.8, 4) is 5.75 Å². The summed E-state index contributed by atoms with van der Waals surface area (Å²) in [6.45, 7) is 3.85. The molecule has 0 saturated carbocycles. The van der Waals surface area contributed by atoms with Gasteiger partial charge in [0.25, 0.3) is 5.91 Å². The normalized spacial score (nSPS) is 12.1. The predicted molar refractivity (Wildman–Crippen MR) is 89.4 cm³/mol. The molecule has 0 aliphatic heterocycles. The van der Waals surface area contributed by atoms with E-state index in [9.17, 15) is 4.79 Å². The second-order valence-electron chi connectivity index (χ2n) is 5.58. The summed E-state index contributed by atoms with van der Waals surface area (Å²) >= 11 is 0. The smallest absolute Gasteiger partial charge is 0.258 e. The van der Waals surface area contributed by atoms with Crippen LogP contribution in [0.2, 0.25) is 0 Å². The second-order valence-corrected chi connectivity index (χ2v) is 5.58. The molecule has 0 aliphatic rings. The fraction of sp³-hybridized carbons (Fsp3) is 0.211. The summed E-state index contributed by atoms with van der Waals surface area (Å²) in [5, 5.41) is 3.91. The van der Waals surface area contributed by atoms with Crippen LogP contribution >= 0.6 is 0 Å². The monoisotopic (exact) mass is 309 g/mol. The highest BCUT2D eigenvalue weighted by molar-refractivity contribution is 5.79. The number of para-hydroxylation sites is 1. The third kappa shape index (κ3) is 3.72. The van der Waals surface area contributed by atoms with E-state index in [0.29, 0.717) is 5.75 Å². The van der Waals surface area contributed by atoms with Crippen molar-refractivity contribution >= 4 is 16.9 Å². The van der Waals surface area contributed by atoms with Crippen LogP contribution in [0.25, 0.3) is 11.0 Å². The molecule has 1 atom stereocenters. The summed E-state index contributed by atoms with van der Waals surface area (Å²) in [4.78, 5) is 12.0. The molecular formula is C19H19NO3. The zero-order chi connectivity index (χ0) is 16.2. The molecule has 0 bridgehead atoms. The van der Waals surface area contributed by atoms with Gasteiger partial charge in [0.1, 0.15) is 17.1 Å². The fourth-order valence-corrected chi connectivity index (χ4v) is 2.42. The number of furan rings is 1. The number of benzene rings is 2. The molecule has 1 amide bonds. The SMILES string of the molecule is Cc1cccc(OCC(=O)N[C@H](C)c2cc3ccccc3o2)c1. The Hall–Kier alpha value is -2.75. The lowest BCUT2D eigenvalue weighted by Gasteiger charge is -2.12. The molecule has 0 aliphatic carbocycles. The van der Waals surface area contributed by atoms with Gasteiger partial charge in [-0.25, -0.2) is 0 Å². The van der Waals surface area contributed by atoms with Gasteiger partial charge >= 0.3 is 0 Å². The Morgan fingerprint density at radius 1 is 1.17 bits per heavy atom. The van der Waals surface area contributed by atoms with E-state index in [0.717, 1.165) is 22.3 Å². The molecule has 1 heterocycles. The highest BCUT2D eigenvalue weighted by Crippen LogP contribution is 2.23. The lowest BCUT2D eigenvalue weighted by atomic mass is 10.2. The first-order valence-electron chi connectivity index (χ1n) is 7.59. The Kier molecular flexibility index (Phi) is 4.33. The van der Waals surface area contributed by atoms with Gasteiger partial charge < -0.3 is 14.5 Å². The molecule has 2 aromatic carbocycles. The molecule has 0 unspecified atom stereocenters. The first-order chi connectivity index (χ1) is 11.1. The van der Waals surface area contributed by atoms with Gasteiger partial charge in [-0.05, 0) is 43.7 Å². The number of fused-ring (bicyclic) bond motifs is 1. The fourth-order valence-electron chi connectivity index (χ4n) is 2.42. The van der Waals surface area contributed by atoms with Crippen molar-refractivity contribution in [2.45, 2.75) is 19.9 Å². The largest absolute Gasteiger partial charge is 0.484 e. The maximum Gasteiger partial charge on any atom is 0.258 e. The number of carbonyl (C=O) groups is 1. The van der Waals surface area contributed by atoms with Gasteiger partial charge in [0.2, 0.25) is 0 Å². The molecule has 1 N–H and O–H groups in total.